The monoisotopic (exact) mass is 549 g/mol. The van der Waals surface area contributed by atoms with Crippen molar-refractivity contribution in [2.75, 3.05) is 10.8 Å². The molecular weight excluding hydrogens is 510 g/mol. The third-order valence-electron chi connectivity index (χ3n) is 6.37. The number of aryl methyl sites for hydroxylation is 3. The molecule has 3 aromatic carbocycles. The predicted molar refractivity (Wildman–Crippen MR) is 156 cm³/mol. The lowest BCUT2D eigenvalue weighted by Crippen LogP contribution is -2.54. The second kappa shape index (κ2) is 12.0. The molecule has 0 aliphatic carbocycles. The summed E-state index contributed by atoms with van der Waals surface area (Å²) in [4.78, 5) is 28.8. The van der Waals surface area contributed by atoms with Gasteiger partial charge in [0.15, 0.2) is 0 Å². The van der Waals surface area contributed by atoms with Crippen LogP contribution in [0.25, 0.3) is 0 Å². The van der Waals surface area contributed by atoms with E-state index < -0.39 is 34.1 Å². The Morgan fingerprint density at radius 3 is 2.00 bits per heavy atom. The van der Waals surface area contributed by atoms with Gasteiger partial charge in [-0.05, 0) is 95.0 Å². The van der Waals surface area contributed by atoms with E-state index in [-0.39, 0.29) is 17.3 Å². The molecule has 39 heavy (non-hydrogen) atoms. The quantitative estimate of drug-likeness (QED) is 0.401. The summed E-state index contributed by atoms with van der Waals surface area (Å²) in [5.41, 5.74) is 3.50. The molecule has 0 aliphatic heterocycles. The first-order valence-electron chi connectivity index (χ1n) is 13.0. The number of benzene rings is 3. The van der Waals surface area contributed by atoms with Crippen LogP contribution in [-0.2, 0) is 26.2 Å². The van der Waals surface area contributed by atoms with Gasteiger partial charge in [0.2, 0.25) is 11.8 Å². The Morgan fingerprint density at radius 1 is 0.872 bits per heavy atom. The molecule has 0 bridgehead atoms. The fourth-order valence-electron chi connectivity index (χ4n) is 4.37. The Kier molecular flexibility index (Phi) is 9.22. The van der Waals surface area contributed by atoms with E-state index in [1.807, 2.05) is 71.9 Å². The highest BCUT2D eigenvalue weighted by molar-refractivity contribution is 7.92. The van der Waals surface area contributed by atoms with Gasteiger partial charge in [0.05, 0.1) is 10.6 Å². The zero-order valence-electron chi connectivity index (χ0n) is 23.9. The van der Waals surface area contributed by atoms with E-state index in [0.29, 0.717) is 5.69 Å². The molecule has 0 fully saturated rings. The van der Waals surface area contributed by atoms with Crippen LogP contribution < -0.4 is 9.62 Å². The average molecular weight is 550 g/mol. The van der Waals surface area contributed by atoms with Crippen LogP contribution in [0, 0.1) is 20.8 Å². The molecule has 8 heteroatoms. The zero-order valence-corrected chi connectivity index (χ0v) is 24.7. The van der Waals surface area contributed by atoms with Crippen molar-refractivity contribution in [3.8, 4) is 0 Å². The van der Waals surface area contributed by atoms with E-state index in [1.54, 1.807) is 37.3 Å². The third-order valence-corrected chi connectivity index (χ3v) is 8.16. The summed E-state index contributed by atoms with van der Waals surface area (Å²) >= 11 is 0. The molecule has 2 amide bonds. The van der Waals surface area contributed by atoms with Gasteiger partial charge in [0.1, 0.15) is 12.6 Å². The molecule has 3 rings (SSSR count). The van der Waals surface area contributed by atoms with Crippen molar-refractivity contribution in [2.45, 2.75) is 71.5 Å². The molecule has 1 N–H and O–H groups in total. The molecule has 0 unspecified atom stereocenters. The zero-order chi connectivity index (χ0) is 29.0. The molecule has 0 radical (unpaired) electrons. The van der Waals surface area contributed by atoms with Crippen LogP contribution in [0.2, 0.25) is 0 Å². The molecule has 208 valence electrons. The topological polar surface area (TPSA) is 86.8 Å². The SMILES string of the molecule is Cc1cc(C)cc(N(CC(=O)N(Cc2ccccc2C)[C@@H](C)C(=O)NC(C)(C)C)S(=O)(=O)c2ccccc2)c1. The summed E-state index contributed by atoms with van der Waals surface area (Å²) in [5.74, 6) is -0.790. The van der Waals surface area contributed by atoms with Gasteiger partial charge in [-0.3, -0.25) is 13.9 Å². The molecule has 3 aromatic rings. The van der Waals surface area contributed by atoms with Crippen LogP contribution in [-0.4, -0.2) is 43.3 Å². The first-order valence-corrected chi connectivity index (χ1v) is 14.4. The molecule has 0 saturated heterocycles. The van der Waals surface area contributed by atoms with E-state index in [0.717, 1.165) is 26.6 Å². The Bertz CT molecular complexity index is 1410. The highest BCUT2D eigenvalue weighted by Crippen LogP contribution is 2.27. The minimum Gasteiger partial charge on any atom is -0.350 e. The van der Waals surface area contributed by atoms with Gasteiger partial charge in [-0.1, -0.05) is 48.5 Å². The molecule has 0 heterocycles. The highest BCUT2D eigenvalue weighted by Gasteiger charge is 2.33. The Morgan fingerprint density at radius 2 is 1.44 bits per heavy atom. The number of rotatable bonds is 9. The second-order valence-corrected chi connectivity index (χ2v) is 12.9. The number of sulfonamides is 1. The van der Waals surface area contributed by atoms with Crippen molar-refractivity contribution in [3.05, 3.63) is 95.1 Å². The number of nitrogens with one attached hydrogen (secondary N) is 1. The van der Waals surface area contributed by atoms with Gasteiger partial charge < -0.3 is 10.2 Å². The minimum atomic E-state index is -4.09. The molecule has 0 spiro atoms. The average Bonchev–Trinajstić information content (AvgIpc) is 2.85. The molecule has 0 saturated carbocycles. The summed E-state index contributed by atoms with van der Waals surface area (Å²) in [6.45, 7) is 12.7. The Hall–Kier alpha value is -3.65. The fourth-order valence-corrected chi connectivity index (χ4v) is 5.79. The molecule has 0 aromatic heterocycles. The van der Waals surface area contributed by atoms with Crippen molar-refractivity contribution in [1.29, 1.82) is 0 Å². The maximum atomic E-state index is 14.0. The number of amides is 2. The normalized spacial score (nSPS) is 12.5. The molecule has 7 nitrogen and oxygen atoms in total. The summed E-state index contributed by atoms with van der Waals surface area (Å²) in [7, 11) is -4.09. The van der Waals surface area contributed by atoms with E-state index in [2.05, 4.69) is 5.32 Å². The highest BCUT2D eigenvalue weighted by atomic mass is 32.2. The standard InChI is InChI=1S/C31H39N3O4S/c1-22-17-23(2)19-27(18-22)34(39(37,38)28-15-9-8-10-16-28)21-29(35)33(20-26-14-12-11-13-24(26)3)25(4)30(36)32-31(5,6)7/h8-19,25H,20-21H2,1-7H3,(H,32,36)/t25-/m0/s1. The largest absolute Gasteiger partial charge is 0.350 e. The van der Waals surface area contributed by atoms with Crippen molar-refractivity contribution in [1.82, 2.24) is 10.2 Å². The van der Waals surface area contributed by atoms with E-state index in [9.17, 15) is 18.0 Å². The van der Waals surface area contributed by atoms with E-state index in [4.69, 9.17) is 0 Å². The van der Waals surface area contributed by atoms with Gasteiger partial charge in [0, 0.05) is 12.1 Å². The van der Waals surface area contributed by atoms with Crippen molar-refractivity contribution in [3.63, 3.8) is 0 Å². The lowest BCUT2D eigenvalue weighted by Gasteiger charge is -2.34. The summed E-state index contributed by atoms with van der Waals surface area (Å²) in [5, 5.41) is 2.95. The fraction of sp³-hybridized carbons (Fsp3) is 0.355. The maximum absolute atomic E-state index is 14.0. The molecule has 1 atom stereocenters. The van der Waals surface area contributed by atoms with Crippen LogP contribution in [0.4, 0.5) is 5.69 Å². The van der Waals surface area contributed by atoms with Gasteiger partial charge in [-0.2, -0.15) is 0 Å². The maximum Gasteiger partial charge on any atom is 0.264 e. The van der Waals surface area contributed by atoms with E-state index >= 15 is 0 Å². The Labute approximate surface area is 232 Å². The minimum absolute atomic E-state index is 0.0842. The van der Waals surface area contributed by atoms with Crippen molar-refractivity contribution in [2.24, 2.45) is 0 Å². The van der Waals surface area contributed by atoms with Crippen LogP contribution in [0.15, 0.2) is 77.7 Å². The number of hydrogen-bond donors (Lipinski definition) is 1. The lowest BCUT2D eigenvalue weighted by molar-refractivity contribution is -0.140. The smallest absolute Gasteiger partial charge is 0.264 e. The van der Waals surface area contributed by atoms with Crippen molar-refractivity contribution >= 4 is 27.5 Å². The third kappa shape index (κ3) is 7.69. The number of hydrogen-bond acceptors (Lipinski definition) is 4. The van der Waals surface area contributed by atoms with Crippen LogP contribution >= 0.6 is 0 Å². The van der Waals surface area contributed by atoms with Gasteiger partial charge in [0.25, 0.3) is 10.0 Å². The van der Waals surface area contributed by atoms with Crippen LogP contribution in [0.1, 0.15) is 49.9 Å². The first-order chi connectivity index (χ1) is 18.2. The molecular formula is C31H39N3O4S. The number of carbonyl (C=O) groups excluding carboxylic acids is 2. The number of anilines is 1. The lowest BCUT2D eigenvalue weighted by atomic mass is 10.1. The summed E-state index contributed by atoms with van der Waals surface area (Å²) < 4.78 is 28.9. The first kappa shape index (κ1) is 29.9. The van der Waals surface area contributed by atoms with Crippen LogP contribution in [0.3, 0.4) is 0 Å². The number of nitrogens with zero attached hydrogens (tertiary/aromatic N) is 2. The summed E-state index contributed by atoms with van der Waals surface area (Å²) in [6, 6.07) is 20.3. The number of carbonyl (C=O) groups is 2. The van der Waals surface area contributed by atoms with Gasteiger partial charge in [-0.25, -0.2) is 8.42 Å². The van der Waals surface area contributed by atoms with Crippen molar-refractivity contribution < 1.29 is 18.0 Å². The van der Waals surface area contributed by atoms with Gasteiger partial charge in [-0.15, -0.1) is 0 Å². The van der Waals surface area contributed by atoms with Gasteiger partial charge >= 0.3 is 0 Å². The predicted octanol–water partition coefficient (Wildman–Crippen LogP) is 5.14. The molecule has 0 aliphatic rings. The summed E-state index contributed by atoms with van der Waals surface area (Å²) in [6.07, 6.45) is 0. The Balaban J connectivity index is 2.07. The van der Waals surface area contributed by atoms with Crippen LogP contribution in [0.5, 0.6) is 0 Å². The van der Waals surface area contributed by atoms with E-state index in [1.165, 1.54) is 17.0 Å². The second-order valence-electron chi connectivity index (χ2n) is 11.0.